The predicted molar refractivity (Wildman–Crippen MR) is 134 cm³/mol. The lowest BCUT2D eigenvalue weighted by molar-refractivity contribution is -0.124. The fraction of sp³-hybridized carbons (Fsp3) is 0.615. The summed E-state index contributed by atoms with van der Waals surface area (Å²) in [5, 5.41) is 11.5. The molecule has 4 N–H and O–H groups in total. The number of hydrogen-bond donors (Lipinski definition) is 4. The molecule has 0 saturated carbocycles. The van der Waals surface area contributed by atoms with Crippen LogP contribution in [0.4, 0.5) is 0 Å². The second kappa shape index (κ2) is 16.7. The quantitative estimate of drug-likeness (QED) is 0.295. The summed E-state index contributed by atoms with van der Waals surface area (Å²) in [6, 6.07) is 7.97. The third-order valence-electron chi connectivity index (χ3n) is 5.63. The highest BCUT2D eigenvalue weighted by molar-refractivity contribution is 5.79. The largest absolute Gasteiger partial charge is 0.354 e. The molecule has 0 aliphatic carbocycles. The van der Waals surface area contributed by atoms with E-state index in [-0.39, 0.29) is 35.7 Å². The van der Waals surface area contributed by atoms with E-state index < -0.39 is 0 Å². The minimum atomic E-state index is -0.0904. The smallest absolute Gasteiger partial charge is 0.220 e. The van der Waals surface area contributed by atoms with E-state index in [1.54, 1.807) is 0 Å². The topological polar surface area (TPSA) is 116 Å². The van der Waals surface area contributed by atoms with E-state index in [2.05, 4.69) is 21.3 Å². The third kappa shape index (κ3) is 13.6. The number of rotatable bonds is 16. The Bertz CT molecular complexity index is 736. The van der Waals surface area contributed by atoms with Gasteiger partial charge in [0.15, 0.2) is 0 Å². The Kier molecular flexibility index (Phi) is 14.3. The Morgan fingerprint density at radius 1 is 0.676 bits per heavy atom. The molecule has 0 aliphatic rings. The summed E-state index contributed by atoms with van der Waals surface area (Å²) in [6.45, 7) is 8.73. The van der Waals surface area contributed by atoms with Gasteiger partial charge in [0.25, 0.3) is 0 Å². The zero-order valence-electron chi connectivity index (χ0n) is 21.2. The molecular formula is C26H42N4O4. The summed E-state index contributed by atoms with van der Waals surface area (Å²) in [4.78, 5) is 47.7. The van der Waals surface area contributed by atoms with Gasteiger partial charge < -0.3 is 21.3 Å². The number of carbonyl (C=O) groups excluding carboxylic acids is 4. The van der Waals surface area contributed by atoms with E-state index >= 15 is 0 Å². The van der Waals surface area contributed by atoms with Crippen molar-refractivity contribution >= 4 is 23.6 Å². The van der Waals surface area contributed by atoms with E-state index in [9.17, 15) is 19.2 Å². The standard InChI is InChI=1S/C26H42N4O4/c1-5-19(3)29-25(33)14-8-12-23(31)27-17-21-10-7-11-22(16-21)18-28-24(32)13-9-15-26(34)30-20(4)6-2/h7,10-11,16,19-20H,5-6,8-9,12-15,17-18H2,1-4H3,(H,27,31)(H,28,32)(H,29,33)(H,30,34). The molecule has 0 aliphatic heterocycles. The van der Waals surface area contributed by atoms with Gasteiger partial charge in [-0.25, -0.2) is 0 Å². The van der Waals surface area contributed by atoms with Gasteiger partial charge in [0.05, 0.1) is 0 Å². The van der Waals surface area contributed by atoms with Crippen LogP contribution in [-0.2, 0) is 32.3 Å². The molecule has 34 heavy (non-hydrogen) atoms. The minimum Gasteiger partial charge on any atom is -0.354 e. The van der Waals surface area contributed by atoms with Crippen LogP contribution in [0.25, 0.3) is 0 Å². The van der Waals surface area contributed by atoms with Crippen LogP contribution >= 0.6 is 0 Å². The number of nitrogens with one attached hydrogen (secondary N) is 4. The molecule has 1 rings (SSSR count). The first kappa shape index (κ1) is 29.1. The molecule has 8 nitrogen and oxygen atoms in total. The molecule has 2 atom stereocenters. The highest BCUT2D eigenvalue weighted by Gasteiger charge is 2.09. The number of benzene rings is 1. The van der Waals surface area contributed by atoms with Crippen molar-refractivity contribution in [2.45, 2.75) is 104 Å². The molecule has 1 aromatic rings. The Morgan fingerprint density at radius 2 is 1.06 bits per heavy atom. The molecule has 190 valence electrons. The summed E-state index contributed by atoms with van der Waals surface area (Å²) >= 11 is 0. The van der Waals surface area contributed by atoms with Gasteiger partial charge in [0.2, 0.25) is 23.6 Å². The van der Waals surface area contributed by atoms with Crippen LogP contribution in [0.5, 0.6) is 0 Å². The summed E-state index contributed by atoms with van der Waals surface area (Å²) in [6.07, 6.45) is 4.08. The van der Waals surface area contributed by atoms with Crippen molar-refractivity contribution in [2.24, 2.45) is 0 Å². The van der Waals surface area contributed by atoms with Crippen molar-refractivity contribution in [3.63, 3.8) is 0 Å². The summed E-state index contributed by atoms with van der Waals surface area (Å²) in [5.41, 5.74) is 1.88. The monoisotopic (exact) mass is 474 g/mol. The lowest BCUT2D eigenvalue weighted by Gasteiger charge is -2.11. The normalized spacial score (nSPS) is 12.4. The fourth-order valence-corrected chi connectivity index (χ4v) is 3.14. The molecule has 0 radical (unpaired) electrons. The van der Waals surface area contributed by atoms with Crippen LogP contribution in [0.3, 0.4) is 0 Å². The SMILES string of the molecule is CCC(C)NC(=O)CCCC(=O)NCc1cccc(CNC(=O)CCCC(=O)NC(C)CC)c1. The highest BCUT2D eigenvalue weighted by atomic mass is 16.2. The van der Waals surface area contributed by atoms with E-state index in [1.807, 2.05) is 52.0 Å². The first-order chi connectivity index (χ1) is 16.2. The lowest BCUT2D eigenvalue weighted by atomic mass is 10.1. The van der Waals surface area contributed by atoms with Gasteiger partial charge in [-0.2, -0.15) is 0 Å². The molecule has 0 heterocycles. The summed E-state index contributed by atoms with van der Waals surface area (Å²) < 4.78 is 0. The number of carbonyl (C=O) groups is 4. The average molecular weight is 475 g/mol. The second-order valence-electron chi connectivity index (χ2n) is 8.83. The maximum absolute atomic E-state index is 12.1. The molecule has 0 aromatic heterocycles. The molecule has 2 unspecified atom stereocenters. The van der Waals surface area contributed by atoms with E-state index in [0.29, 0.717) is 51.6 Å². The zero-order valence-corrected chi connectivity index (χ0v) is 21.2. The Balaban J connectivity index is 2.27. The predicted octanol–water partition coefficient (Wildman–Crippen LogP) is 3.09. The summed E-state index contributed by atoms with van der Waals surface area (Å²) in [7, 11) is 0. The molecule has 8 heteroatoms. The average Bonchev–Trinajstić information content (AvgIpc) is 2.81. The molecule has 0 saturated heterocycles. The van der Waals surface area contributed by atoms with E-state index in [1.165, 1.54) is 0 Å². The van der Waals surface area contributed by atoms with Gasteiger partial charge in [-0.1, -0.05) is 38.1 Å². The van der Waals surface area contributed by atoms with Crippen molar-refractivity contribution in [2.75, 3.05) is 0 Å². The molecular weight excluding hydrogens is 432 g/mol. The van der Waals surface area contributed by atoms with E-state index in [4.69, 9.17) is 0 Å². The Hall–Kier alpha value is -2.90. The van der Waals surface area contributed by atoms with Gasteiger partial charge in [0.1, 0.15) is 0 Å². The molecule has 4 amide bonds. The maximum Gasteiger partial charge on any atom is 0.220 e. The van der Waals surface area contributed by atoms with E-state index in [0.717, 1.165) is 24.0 Å². The van der Waals surface area contributed by atoms with Gasteiger partial charge in [0, 0.05) is 50.9 Å². The molecule has 0 spiro atoms. The fourth-order valence-electron chi connectivity index (χ4n) is 3.14. The van der Waals surface area contributed by atoms with Crippen LogP contribution < -0.4 is 21.3 Å². The van der Waals surface area contributed by atoms with Crippen LogP contribution in [-0.4, -0.2) is 35.7 Å². The Morgan fingerprint density at radius 3 is 1.44 bits per heavy atom. The minimum absolute atomic E-state index is 0.0220. The van der Waals surface area contributed by atoms with Crippen LogP contribution in [0, 0.1) is 0 Å². The van der Waals surface area contributed by atoms with Crippen LogP contribution in [0.2, 0.25) is 0 Å². The number of amides is 4. The first-order valence-corrected chi connectivity index (χ1v) is 12.4. The van der Waals surface area contributed by atoms with Crippen LogP contribution in [0.1, 0.15) is 90.2 Å². The van der Waals surface area contributed by atoms with Crippen molar-refractivity contribution in [3.8, 4) is 0 Å². The highest BCUT2D eigenvalue weighted by Crippen LogP contribution is 2.06. The van der Waals surface area contributed by atoms with Gasteiger partial charge in [-0.05, 0) is 50.7 Å². The van der Waals surface area contributed by atoms with Crippen molar-refractivity contribution < 1.29 is 19.2 Å². The van der Waals surface area contributed by atoms with Gasteiger partial charge in [-0.15, -0.1) is 0 Å². The van der Waals surface area contributed by atoms with Crippen molar-refractivity contribution in [1.29, 1.82) is 0 Å². The molecule has 0 bridgehead atoms. The van der Waals surface area contributed by atoms with Crippen molar-refractivity contribution in [1.82, 2.24) is 21.3 Å². The first-order valence-electron chi connectivity index (χ1n) is 12.4. The second-order valence-corrected chi connectivity index (χ2v) is 8.83. The Labute approximate surface area is 204 Å². The summed E-state index contributed by atoms with van der Waals surface area (Å²) in [5.74, 6) is -0.225. The molecule has 1 aromatic carbocycles. The number of hydrogen-bond acceptors (Lipinski definition) is 4. The third-order valence-corrected chi connectivity index (χ3v) is 5.63. The maximum atomic E-state index is 12.1. The zero-order chi connectivity index (χ0) is 25.3. The van der Waals surface area contributed by atoms with Gasteiger partial charge in [-0.3, -0.25) is 19.2 Å². The lowest BCUT2D eigenvalue weighted by Crippen LogP contribution is -2.32. The van der Waals surface area contributed by atoms with Gasteiger partial charge >= 0.3 is 0 Å². The molecule has 0 fully saturated rings. The van der Waals surface area contributed by atoms with Crippen LogP contribution in [0.15, 0.2) is 24.3 Å². The van der Waals surface area contributed by atoms with Crippen molar-refractivity contribution in [3.05, 3.63) is 35.4 Å².